The normalized spacial score (nSPS) is 18.4. The lowest BCUT2D eigenvalue weighted by molar-refractivity contribution is 0.0609. The van der Waals surface area contributed by atoms with Crippen LogP contribution >= 0.6 is 22.9 Å². The van der Waals surface area contributed by atoms with Crippen LogP contribution in [0.3, 0.4) is 0 Å². The largest absolute Gasteiger partial charge is 0.335 e. The molecule has 2 aromatic rings. The third kappa shape index (κ3) is 4.36. The number of hydrogen-bond acceptors (Lipinski definition) is 4. The Morgan fingerprint density at radius 3 is 2.92 bits per heavy atom. The van der Waals surface area contributed by atoms with Crippen molar-refractivity contribution in [3.05, 3.63) is 33.9 Å². The van der Waals surface area contributed by atoms with Crippen molar-refractivity contribution in [2.75, 3.05) is 19.3 Å². The van der Waals surface area contributed by atoms with E-state index in [9.17, 15) is 17.6 Å². The number of carbonyl (C=O) groups excluding carboxylic acids is 1. The standard InChI is InChI=1S/C17H20ClFN2O3S2/c1-26(23,24)20-8-7-12-4-2-3-9-21(12)17(22)16-15(18)13-6-5-11(19)10-14(13)25-16/h5-6,10,12,20H,2-4,7-9H2,1H3/t12-/m1/s1. The molecule has 1 fully saturated rings. The molecule has 3 rings (SSSR count). The highest BCUT2D eigenvalue weighted by Crippen LogP contribution is 2.37. The molecule has 1 amide bonds. The average molecular weight is 419 g/mol. The van der Waals surface area contributed by atoms with E-state index in [0.29, 0.717) is 39.5 Å². The van der Waals surface area contributed by atoms with E-state index >= 15 is 0 Å². The van der Waals surface area contributed by atoms with Crippen molar-refractivity contribution >= 4 is 49.0 Å². The number of benzene rings is 1. The van der Waals surface area contributed by atoms with E-state index in [1.807, 2.05) is 0 Å². The third-order valence-corrected chi connectivity index (χ3v) is 6.89. The number of nitrogens with one attached hydrogen (secondary N) is 1. The molecule has 1 aromatic carbocycles. The average Bonchev–Trinajstić information content (AvgIpc) is 2.89. The summed E-state index contributed by atoms with van der Waals surface area (Å²) < 4.78 is 39.1. The lowest BCUT2D eigenvalue weighted by atomic mass is 9.99. The predicted molar refractivity (Wildman–Crippen MR) is 103 cm³/mol. The molecule has 0 saturated carbocycles. The molecule has 1 aromatic heterocycles. The molecule has 1 atom stereocenters. The number of fused-ring (bicyclic) bond motifs is 1. The Balaban J connectivity index is 1.81. The van der Waals surface area contributed by atoms with Gasteiger partial charge in [-0.05, 0) is 43.9 Å². The van der Waals surface area contributed by atoms with E-state index in [1.54, 1.807) is 11.0 Å². The van der Waals surface area contributed by atoms with E-state index in [1.165, 1.54) is 23.5 Å². The van der Waals surface area contributed by atoms with Crippen molar-refractivity contribution in [2.24, 2.45) is 0 Å². The van der Waals surface area contributed by atoms with Crippen LogP contribution in [0.2, 0.25) is 5.02 Å². The molecule has 0 bridgehead atoms. The minimum absolute atomic E-state index is 0.0384. The second kappa shape index (κ2) is 7.80. The SMILES string of the molecule is CS(=O)(=O)NCC[C@H]1CCCCN1C(=O)c1sc2cc(F)ccc2c1Cl. The Bertz CT molecular complexity index is 929. The second-order valence-electron chi connectivity index (χ2n) is 6.49. The number of halogens is 2. The van der Waals surface area contributed by atoms with Crippen molar-refractivity contribution in [2.45, 2.75) is 31.7 Å². The highest BCUT2D eigenvalue weighted by Gasteiger charge is 2.30. The van der Waals surface area contributed by atoms with Crippen LogP contribution < -0.4 is 4.72 Å². The lowest BCUT2D eigenvalue weighted by Gasteiger charge is -2.35. The summed E-state index contributed by atoms with van der Waals surface area (Å²) in [4.78, 5) is 15.3. The molecule has 1 N–H and O–H groups in total. The van der Waals surface area contributed by atoms with Gasteiger partial charge in [-0.15, -0.1) is 11.3 Å². The van der Waals surface area contributed by atoms with Crippen LogP contribution in [0.5, 0.6) is 0 Å². The fourth-order valence-electron chi connectivity index (χ4n) is 3.29. The van der Waals surface area contributed by atoms with Crippen LogP contribution in [0, 0.1) is 5.82 Å². The van der Waals surface area contributed by atoms with E-state index in [4.69, 9.17) is 11.6 Å². The zero-order valence-electron chi connectivity index (χ0n) is 14.3. The minimum Gasteiger partial charge on any atom is -0.335 e. The zero-order valence-corrected chi connectivity index (χ0v) is 16.7. The summed E-state index contributed by atoms with van der Waals surface area (Å²) in [7, 11) is -3.25. The van der Waals surface area contributed by atoms with E-state index in [2.05, 4.69) is 4.72 Å². The maximum atomic E-state index is 13.4. The summed E-state index contributed by atoms with van der Waals surface area (Å²) in [5.41, 5.74) is 0. The molecule has 26 heavy (non-hydrogen) atoms. The molecule has 1 saturated heterocycles. The van der Waals surface area contributed by atoms with E-state index < -0.39 is 10.0 Å². The van der Waals surface area contributed by atoms with Gasteiger partial charge in [-0.25, -0.2) is 17.5 Å². The van der Waals surface area contributed by atoms with Crippen LogP contribution in [0.15, 0.2) is 18.2 Å². The highest BCUT2D eigenvalue weighted by atomic mass is 35.5. The summed E-state index contributed by atoms with van der Waals surface area (Å²) in [6.45, 7) is 0.903. The topological polar surface area (TPSA) is 66.5 Å². The molecule has 1 aliphatic rings. The van der Waals surface area contributed by atoms with Gasteiger partial charge in [0.05, 0.1) is 11.3 Å². The van der Waals surface area contributed by atoms with Crippen molar-refractivity contribution in [1.29, 1.82) is 0 Å². The number of nitrogens with zero attached hydrogens (tertiary/aromatic N) is 1. The molecule has 0 aliphatic carbocycles. The Labute approximate surface area is 161 Å². The van der Waals surface area contributed by atoms with Gasteiger partial charge in [0.25, 0.3) is 5.91 Å². The van der Waals surface area contributed by atoms with Crippen molar-refractivity contribution < 1.29 is 17.6 Å². The maximum absolute atomic E-state index is 13.4. The number of amides is 1. The lowest BCUT2D eigenvalue weighted by Crippen LogP contribution is -2.45. The first-order chi connectivity index (χ1) is 12.3. The molecule has 0 unspecified atom stereocenters. The monoisotopic (exact) mass is 418 g/mol. The fraction of sp³-hybridized carbons (Fsp3) is 0.471. The van der Waals surface area contributed by atoms with Crippen LogP contribution in [-0.4, -0.2) is 44.6 Å². The van der Waals surface area contributed by atoms with Crippen LogP contribution in [0.25, 0.3) is 10.1 Å². The number of thiophene rings is 1. The van der Waals surface area contributed by atoms with Gasteiger partial charge in [0, 0.05) is 29.2 Å². The molecule has 9 heteroatoms. The molecule has 0 spiro atoms. The van der Waals surface area contributed by atoms with Gasteiger partial charge in [-0.3, -0.25) is 4.79 Å². The molecule has 5 nitrogen and oxygen atoms in total. The number of piperidine rings is 1. The quantitative estimate of drug-likeness (QED) is 0.806. The summed E-state index contributed by atoms with van der Waals surface area (Å²) in [6.07, 6.45) is 4.40. The molecule has 1 aliphatic heterocycles. The van der Waals surface area contributed by atoms with Crippen molar-refractivity contribution in [1.82, 2.24) is 9.62 Å². The van der Waals surface area contributed by atoms with Gasteiger partial charge in [0.2, 0.25) is 10.0 Å². The first-order valence-corrected chi connectivity index (χ1v) is 11.5. The fourth-order valence-corrected chi connectivity index (χ4v) is 5.27. The Morgan fingerprint density at radius 1 is 1.42 bits per heavy atom. The number of sulfonamides is 1. The predicted octanol–water partition coefficient (Wildman–Crippen LogP) is 3.63. The smallest absolute Gasteiger partial charge is 0.265 e. The summed E-state index contributed by atoms with van der Waals surface area (Å²) in [6, 6.07) is 4.26. The van der Waals surface area contributed by atoms with Gasteiger partial charge >= 0.3 is 0 Å². The summed E-state index contributed by atoms with van der Waals surface area (Å²) >= 11 is 7.58. The number of carbonyl (C=O) groups is 1. The van der Waals surface area contributed by atoms with Gasteiger partial charge in [-0.1, -0.05) is 11.6 Å². The van der Waals surface area contributed by atoms with Crippen molar-refractivity contribution in [3.63, 3.8) is 0 Å². The van der Waals surface area contributed by atoms with Gasteiger partial charge in [0.1, 0.15) is 10.7 Å². The number of rotatable bonds is 5. The minimum atomic E-state index is -3.25. The Hall–Kier alpha value is -1.22. The zero-order chi connectivity index (χ0) is 18.9. The highest BCUT2D eigenvalue weighted by molar-refractivity contribution is 7.88. The molecular weight excluding hydrogens is 399 g/mol. The van der Waals surface area contributed by atoms with Crippen LogP contribution in [0.1, 0.15) is 35.4 Å². The third-order valence-electron chi connectivity index (χ3n) is 4.52. The van der Waals surface area contributed by atoms with Gasteiger partial charge in [-0.2, -0.15) is 0 Å². The first kappa shape index (κ1) is 19.5. The maximum Gasteiger partial charge on any atom is 0.265 e. The van der Waals surface area contributed by atoms with Crippen molar-refractivity contribution in [3.8, 4) is 0 Å². The summed E-state index contributed by atoms with van der Waals surface area (Å²) in [5.74, 6) is -0.530. The Morgan fingerprint density at radius 2 is 2.19 bits per heavy atom. The molecule has 142 valence electrons. The van der Waals surface area contributed by atoms with Gasteiger partial charge in [0.15, 0.2) is 0 Å². The second-order valence-corrected chi connectivity index (χ2v) is 9.75. The van der Waals surface area contributed by atoms with Crippen LogP contribution in [-0.2, 0) is 10.0 Å². The first-order valence-electron chi connectivity index (χ1n) is 8.39. The van der Waals surface area contributed by atoms with Crippen LogP contribution in [0.4, 0.5) is 4.39 Å². The van der Waals surface area contributed by atoms with Gasteiger partial charge < -0.3 is 4.90 Å². The molecular formula is C17H20ClFN2O3S2. The number of likely N-dealkylation sites (tertiary alicyclic amines) is 1. The van der Waals surface area contributed by atoms with E-state index in [0.717, 1.165) is 25.5 Å². The number of hydrogen-bond donors (Lipinski definition) is 1. The Kier molecular flexibility index (Phi) is 5.86. The molecule has 0 radical (unpaired) electrons. The molecule has 2 heterocycles. The summed E-state index contributed by atoms with van der Waals surface area (Å²) in [5, 5.41) is 1.03. The van der Waals surface area contributed by atoms with E-state index in [-0.39, 0.29) is 17.8 Å².